The van der Waals surface area contributed by atoms with Crippen LogP contribution in [0.2, 0.25) is 0 Å². The number of rotatable bonds is 9. The van der Waals surface area contributed by atoms with Gasteiger partial charge in [0.25, 0.3) is 0 Å². The minimum Gasteiger partial charge on any atom is -0.466 e. The van der Waals surface area contributed by atoms with Gasteiger partial charge in [0.05, 0.1) is 25.9 Å². The van der Waals surface area contributed by atoms with Crippen LogP contribution in [0.3, 0.4) is 0 Å². The van der Waals surface area contributed by atoms with Crippen LogP contribution in [0.4, 0.5) is 4.79 Å². The fourth-order valence-corrected chi connectivity index (χ4v) is 1.50. The third-order valence-corrected chi connectivity index (χ3v) is 2.71. The summed E-state index contributed by atoms with van der Waals surface area (Å²) in [6, 6.07) is 0. The SMILES string of the molecule is CC(C)(C)OC(N)=O.COC(=O)/C=C/COCC(C)(C)OCCC(C)C. The van der Waals surface area contributed by atoms with Crippen LogP contribution in [0, 0.1) is 5.92 Å². The van der Waals surface area contributed by atoms with E-state index in [2.05, 4.69) is 23.3 Å². The van der Waals surface area contributed by atoms with Gasteiger partial charge in [0.15, 0.2) is 0 Å². The van der Waals surface area contributed by atoms with E-state index >= 15 is 0 Å². The lowest BCUT2D eigenvalue weighted by Gasteiger charge is -2.25. The van der Waals surface area contributed by atoms with Gasteiger partial charge in [0.1, 0.15) is 5.60 Å². The monoisotopic (exact) mass is 375 g/mol. The first-order chi connectivity index (χ1) is 11.8. The minimum absolute atomic E-state index is 0.298. The van der Waals surface area contributed by atoms with E-state index in [1.54, 1.807) is 26.8 Å². The number of hydrogen-bond acceptors (Lipinski definition) is 6. The van der Waals surface area contributed by atoms with Crippen molar-refractivity contribution in [2.24, 2.45) is 11.7 Å². The summed E-state index contributed by atoms with van der Waals surface area (Å²) in [5, 5.41) is 0. The first-order valence-corrected chi connectivity index (χ1v) is 8.73. The van der Waals surface area contributed by atoms with Crippen molar-refractivity contribution in [2.45, 2.75) is 66.1 Å². The minimum atomic E-state index is -0.725. The van der Waals surface area contributed by atoms with Gasteiger partial charge in [-0.25, -0.2) is 9.59 Å². The Morgan fingerprint density at radius 2 is 1.69 bits per heavy atom. The fourth-order valence-electron chi connectivity index (χ4n) is 1.50. The smallest absolute Gasteiger partial charge is 0.405 e. The molecule has 0 aliphatic rings. The van der Waals surface area contributed by atoms with Crippen LogP contribution in [0.25, 0.3) is 0 Å². The van der Waals surface area contributed by atoms with Gasteiger partial charge in [0.2, 0.25) is 0 Å². The third kappa shape index (κ3) is 22.4. The number of carbonyl (C=O) groups is 2. The molecule has 0 unspecified atom stereocenters. The van der Waals surface area contributed by atoms with Crippen LogP contribution >= 0.6 is 0 Å². The fraction of sp³-hybridized carbons (Fsp3) is 0.789. The van der Waals surface area contributed by atoms with Crippen LogP contribution in [-0.2, 0) is 23.7 Å². The van der Waals surface area contributed by atoms with Crippen molar-refractivity contribution < 1.29 is 28.5 Å². The normalized spacial score (nSPS) is 11.9. The molecule has 26 heavy (non-hydrogen) atoms. The molecular weight excluding hydrogens is 338 g/mol. The van der Waals surface area contributed by atoms with E-state index in [0.29, 0.717) is 19.1 Å². The van der Waals surface area contributed by atoms with Crippen molar-refractivity contribution in [1.29, 1.82) is 0 Å². The maximum atomic E-state index is 10.8. The van der Waals surface area contributed by atoms with Crippen molar-refractivity contribution in [3.8, 4) is 0 Å². The highest BCUT2D eigenvalue weighted by molar-refractivity contribution is 5.81. The van der Waals surface area contributed by atoms with Gasteiger partial charge >= 0.3 is 12.1 Å². The van der Waals surface area contributed by atoms with Crippen LogP contribution in [0.5, 0.6) is 0 Å². The molecule has 7 heteroatoms. The highest BCUT2D eigenvalue weighted by Gasteiger charge is 2.18. The molecule has 0 aromatic heterocycles. The Bertz CT molecular complexity index is 424. The molecule has 0 fully saturated rings. The van der Waals surface area contributed by atoms with Crippen molar-refractivity contribution in [3.63, 3.8) is 0 Å². The maximum absolute atomic E-state index is 10.8. The van der Waals surface area contributed by atoms with E-state index in [0.717, 1.165) is 13.0 Å². The van der Waals surface area contributed by atoms with E-state index in [4.69, 9.17) is 15.2 Å². The molecule has 0 radical (unpaired) electrons. The van der Waals surface area contributed by atoms with Crippen molar-refractivity contribution >= 4 is 12.1 Å². The largest absolute Gasteiger partial charge is 0.466 e. The molecule has 0 heterocycles. The Hall–Kier alpha value is -1.60. The van der Waals surface area contributed by atoms with Gasteiger partial charge in [-0.05, 0) is 47.0 Å². The topological polar surface area (TPSA) is 97.1 Å². The van der Waals surface area contributed by atoms with E-state index in [-0.39, 0.29) is 11.6 Å². The molecule has 0 aromatic carbocycles. The van der Waals surface area contributed by atoms with Crippen LogP contribution in [-0.4, -0.2) is 50.2 Å². The molecule has 0 bridgehead atoms. The molecule has 1 amide bonds. The molecule has 2 N–H and O–H groups in total. The molecule has 0 rings (SSSR count). The zero-order valence-corrected chi connectivity index (χ0v) is 17.6. The van der Waals surface area contributed by atoms with Gasteiger partial charge in [0, 0.05) is 12.7 Å². The number of primary amides is 1. The van der Waals surface area contributed by atoms with E-state index in [1.807, 2.05) is 13.8 Å². The lowest BCUT2D eigenvalue weighted by molar-refractivity contribution is -0.134. The first kappa shape index (κ1) is 26.6. The third-order valence-electron chi connectivity index (χ3n) is 2.71. The van der Waals surface area contributed by atoms with Gasteiger partial charge < -0.3 is 24.7 Å². The molecule has 0 aromatic rings. The Morgan fingerprint density at radius 3 is 2.08 bits per heavy atom. The summed E-state index contributed by atoms with van der Waals surface area (Å²) in [5.41, 5.74) is 3.97. The van der Waals surface area contributed by atoms with Crippen molar-refractivity contribution in [3.05, 3.63) is 12.2 Å². The van der Waals surface area contributed by atoms with Gasteiger partial charge in [-0.15, -0.1) is 0 Å². The summed E-state index contributed by atoms with van der Waals surface area (Å²) in [5.74, 6) is 0.274. The first-order valence-electron chi connectivity index (χ1n) is 8.73. The lowest BCUT2D eigenvalue weighted by atomic mass is 10.1. The second kappa shape index (κ2) is 13.6. The van der Waals surface area contributed by atoms with Crippen LogP contribution < -0.4 is 5.73 Å². The molecule has 0 atom stereocenters. The Morgan fingerprint density at radius 1 is 1.12 bits per heavy atom. The number of ether oxygens (including phenoxy) is 4. The van der Waals surface area contributed by atoms with Gasteiger partial charge in [-0.1, -0.05) is 19.9 Å². The zero-order chi connectivity index (χ0) is 20.8. The Labute approximate surface area is 158 Å². The molecule has 7 nitrogen and oxygen atoms in total. The van der Waals surface area contributed by atoms with Crippen molar-refractivity contribution in [2.75, 3.05) is 26.9 Å². The molecule has 0 saturated carbocycles. The summed E-state index contributed by atoms with van der Waals surface area (Å²) in [7, 11) is 1.35. The van der Waals surface area contributed by atoms with Crippen LogP contribution in [0.15, 0.2) is 12.2 Å². The standard InChI is InChI=1S/C14H26O4.C5H11NO2/c1-12(2)8-10-18-14(3,4)11-17-9-6-7-13(15)16-5;1-5(2,3)8-4(6)7/h6-7,12H,8-11H2,1-5H3;1-3H3,(H2,6,7)/b7-6+;. The molecule has 0 aliphatic heterocycles. The molecule has 0 aliphatic carbocycles. The molecule has 154 valence electrons. The summed E-state index contributed by atoms with van der Waals surface area (Å²) >= 11 is 0. The average Bonchev–Trinajstić information content (AvgIpc) is 2.43. The average molecular weight is 376 g/mol. The summed E-state index contributed by atoms with van der Waals surface area (Å²) in [6.07, 6.45) is 3.31. The number of methoxy groups -OCH3 is 1. The number of carbonyl (C=O) groups excluding carboxylic acids is 2. The molecular formula is C19H37NO6. The Kier molecular flexibility index (Phi) is 13.9. The predicted molar refractivity (Wildman–Crippen MR) is 102 cm³/mol. The second-order valence-corrected chi connectivity index (χ2v) is 7.76. The summed E-state index contributed by atoms with van der Waals surface area (Å²) < 4.78 is 20.2. The molecule has 0 spiro atoms. The van der Waals surface area contributed by atoms with Gasteiger partial charge in [-0.3, -0.25) is 0 Å². The number of amides is 1. The number of hydrogen-bond donors (Lipinski definition) is 1. The number of nitrogens with two attached hydrogens (primary N) is 1. The van der Waals surface area contributed by atoms with E-state index < -0.39 is 11.7 Å². The van der Waals surface area contributed by atoms with E-state index in [9.17, 15) is 9.59 Å². The highest BCUT2D eigenvalue weighted by Crippen LogP contribution is 2.12. The molecule has 0 saturated heterocycles. The van der Waals surface area contributed by atoms with Crippen molar-refractivity contribution in [1.82, 2.24) is 0 Å². The van der Waals surface area contributed by atoms with Crippen LogP contribution in [0.1, 0.15) is 54.9 Å². The van der Waals surface area contributed by atoms with Gasteiger partial charge in [-0.2, -0.15) is 0 Å². The summed E-state index contributed by atoms with van der Waals surface area (Å²) in [6.45, 7) is 15.2. The Balaban J connectivity index is 0. The second-order valence-electron chi connectivity index (χ2n) is 7.76. The lowest BCUT2D eigenvalue weighted by Crippen LogP contribution is -2.31. The zero-order valence-electron chi connectivity index (χ0n) is 17.6. The quantitative estimate of drug-likeness (QED) is 0.376. The van der Waals surface area contributed by atoms with E-state index in [1.165, 1.54) is 13.2 Å². The summed E-state index contributed by atoms with van der Waals surface area (Å²) in [4.78, 5) is 20.8. The number of esters is 1. The maximum Gasteiger partial charge on any atom is 0.405 e. The predicted octanol–water partition coefficient (Wildman–Crippen LogP) is 3.45. The highest BCUT2D eigenvalue weighted by atomic mass is 16.6.